The molecule has 0 N–H and O–H groups in total. The lowest BCUT2D eigenvalue weighted by Gasteiger charge is -2.47. The highest BCUT2D eigenvalue weighted by atomic mass is 32.1. The van der Waals surface area contributed by atoms with E-state index in [-0.39, 0.29) is 10.7 Å². The minimum absolute atomic E-state index is 0.0723. The quantitative estimate of drug-likeness (QED) is 0.477. The Morgan fingerprint density at radius 3 is 2.65 bits per heavy atom. The van der Waals surface area contributed by atoms with Crippen LogP contribution >= 0.6 is 12.2 Å². The van der Waals surface area contributed by atoms with Crippen LogP contribution in [0.25, 0.3) is 0 Å². The number of fused-ring (bicyclic) bond motifs is 1. The molecular weight excluding hydrogens is 225 g/mol. The van der Waals surface area contributed by atoms with Crippen molar-refractivity contribution in [3.05, 3.63) is 0 Å². The summed E-state index contributed by atoms with van der Waals surface area (Å²) in [6.07, 6.45) is 5.95. The second kappa shape index (κ2) is 4.26. The number of rotatable bonds is 0. The van der Waals surface area contributed by atoms with Gasteiger partial charge in [-0.2, -0.15) is 0 Å². The zero-order valence-corrected chi connectivity index (χ0v) is 12.4. The summed E-state index contributed by atoms with van der Waals surface area (Å²) in [5.74, 6) is 0.669. The predicted molar refractivity (Wildman–Crippen MR) is 78.6 cm³/mol. The van der Waals surface area contributed by atoms with E-state index in [2.05, 4.69) is 32.7 Å². The molecule has 2 aliphatic rings. The predicted octanol–water partition coefficient (Wildman–Crippen LogP) is 3.58. The fraction of sp³-hybridized carbons (Fsp3) is 0.929. The highest BCUT2D eigenvalue weighted by molar-refractivity contribution is 7.80. The summed E-state index contributed by atoms with van der Waals surface area (Å²) in [6.45, 7) is 6.88. The Hall–Kier alpha value is -0.0451. The summed E-state index contributed by atoms with van der Waals surface area (Å²) in [7, 11) is 8.77. The average molecular weight is 249 g/mol. The van der Waals surface area contributed by atoms with E-state index < -0.39 is 0 Å². The third kappa shape index (κ3) is 2.28. The Morgan fingerprint density at radius 1 is 1.35 bits per heavy atom. The van der Waals surface area contributed by atoms with Gasteiger partial charge in [-0.05, 0) is 24.2 Å². The summed E-state index contributed by atoms with van der Waals surface area (Å²) >= 11 is 5.46. The van der Waals surface area contributed by atoms with E-state index in [4.69, 9.17) is 20.1 Å². The van der Waals surface area contributed by atoms with Crippen molar-refractivity contribution >= 4 is 25.1 Å². The van der Waals surface area contributed by atoms with Crippen LogP contribution in [0.5, 0.6) is 0 Å². The fourth-order valence-corrected chi connectivity index (χ4v) is 3.85. The summed E-state index contributed by atoms with van der Waals surface area (Å²) in [5, 5.41) is -0.0723. The third-order valence-electron chi connectivity index (χ3n) is 5.41. The molecule has 1 saturated heterocycles. The van der Waals surface area contributed by atoms with E-state index in [1.807, 2.05) is 0 Å². The Balaban J connectivity index is 2.22. The molecule has 1 aliphatic carbocycles. The van der Waals surface area contributed by atoms with Gasteiger partial charge in [0, 0.05) is 19.5 Å². The number of hydrogen-bond donors (Lipinski definition) is 0. The topological polar surface area (TPSA) is 3.24 Å². The lowest BCUT2D eigenvalue weighted by atomic mass is 9.49. The maximum Gasteiger partial charge on any atom is 0.0782 e. The lowest BCUT2D eigenvalue weighted by Crippen LogP contribution is -2.38. The monoisotopic (exact) mass is 249 g/mol. The van der Waals surface area contributed by atoms with E-state index in [1.54, 1.807) is 0 Å². The summed E-state index contributed by atoms with van der Waals surface area (Å²) < 4.78 is 0. The van der Waals surface area contributed by atoms with E-state index in [9.17, 15) is 0 Å². The van der Waals surface area contributed by atoms with Gasteiger partial charge in [-0.1, -0.05) is 51.1 Å². The largest absolute Gasteiger partial charge is 0.366 e. The Labute approximate surface area is 113 Å². The molecule has 0 aromatic rings. The van der Waals surface area contributed by atoms with Crippen molar-refractivity contribution in [2.75, 3.05) is 7.05 Å². The molecule has 3 unspecified atom stereocenters. The van der Waals surface area contributed by atoms with Crippen molar-refractivity contribution in [1.82, 2.24) is 4.90 Å². The fourth-order valence-electron chi connectivity index (χ4n) is 3.50. The summed E-state index contributed by atoms with van der Waals surface area (Å²) in [5.41, 5.74) is 0.237. The molecule has 2 fully saturated rings. The lowest BCUT2D eigenvalue weighted by molar-refractivity contribution is 0.138. The van der Waals surface area contributed by atoms with Crippen LogP contribution in [-0.4, -0.2) is 30.8 Å². The number of hydrogen-bond acceptors (Lipinski definition) is 1. The molecule has 0 spiro atoms. The number of likely N-dealkylation sites (tertiary alicyclic amines) is 1. The van der Waals surface area contributed by atoms with Crippen molar-refractivity contribution in [2.45, 2.75) is 64.2 Å². The average Bonchev–Trinajstić information content (AvgIpc) is 2.43. The van der Waals surface area contributed by atoms with Gasteiger partial charge in [0.05, 0.1) is 12.8 Å². The molecule has 2 radical (unpaired) electrons. The minimum atomic E-state index is -0.0723. The number of nitrogens with zero attached hydrogens (tertiary/aromatic N) is 1. The van der Waals surface area contributed by atoms with E-state index >= 15 is 0 Å². The van der Waals surface area contributed by atoms with Gasteiger partial charge in [-0.3, -0.25) is 0 Å². The first-order valence-corrected chi connectivity index (χ1v) is 7.20. The van der Waals surface area contributed by atoms with Gasteiger partial charge >= 0.3 is 0 Å². The standard InChI is InChI=1S/C14H24BNS/c1-13(2)7-5-6-11-10(9-14(13,3)15)8-12(17)16(11)4/h10-11H,5-9H2,1-4H3. The van der Waals surface area contributed by atoms with Crippen molar-refractivity contribution in [3.63, 3.8) is 0 Å². The highest BCUT2D eigenvalue weighted by Gasteiger charge is 2.44. The van der Waals surface area contributed by atoms with Crippen LogP contribution in [0.2, 0.25) is 5.31 Å². The maximum absolute atomic E-state index is 6.61. The molecular formula is C14H24BNS. The molecule has 1 saturated carbocycles. The molecule has 1 nitrogen and oxygen atoms in total. The molecule has 0 bridgehead atoms. The van der Waals surface area contributed by atoms with Gasteiger partial charge in [0.25, 0.3) is 0 Å². The first kappa shape index (κ1) is 13.4. The van der Waals surface area contributed by atoms with Gasteiger partial charge in [-0.15, -0.1) is 0 Å². The summed E-state index contributed by atoms with van der Waals surface area (Å²) in [4.78, 5) is 3.46. The number of thiocarbonyl (C=S) groups is 1. The van der Waals surface area contributed by atoms with Gasteiger partial charge < -0.3 is 4.90 Å². The molecule has 3 heteroatoms. The molecule has 1 aliphatic heterocycles. The van der Waals surface area contributed by atoms with Crippen molar-refractivity contribution in [3.8, 4) is 0 Å². The van der Waals surface area contributed by atoms with Crippen molar-refractivity contribution < 1.29 is 0 Å². The van der Waals surface area contributed by atoms with Crippen LogP contribution in [0.15, 0.2) is 0 Å². The summed E-state index contributed by atoms with van der Waals surface area (Å²) in [6, 6.07) is 0.640. The van der Waals surface area contributed by atoms with Gasteiger partial charge in [-0.25, -0.2) is 0 Å². The van der Waals surface area contributed by atoms with Crippen LogP contribution in [0.4, 0.5) is 0 Å². The minimum Gasteiger partial charge on any atom is -0.366 e. The third-order valence-corrected chi connectivity index (χ3v) is 5.86. The molecule has 3 atom stereocenters. The maximum atomic E-state index is 6.61. The zero-order valence-electron chi connectivity index (χ0n) is 11.6. The van der Waals surface area contributed by atoms with Gasteiger partial charge in [0.1, 0.15) is 0 Å². The van der Waals surface area contributed by atoms with Crippen LogP contribution < -0.4 is 0 Å². The van der Waals surface area contributed by atoms with E-state index in [1.165, 1.54) is 19.3 Å². The Morgan fingerprint density at radius 2 is 2.00 bits per heavy atom. The molecule has 0 amide bonds. The van der Waals surface area contributed by atoms with E-state index in [0.717, 1.165) is 17.8 Å². The van der Waals surface area contributed by atoms with Crippen LogP contribution in [0.1, 0.15) is 52.9 Å². The molecule has 17 heavy (non-hydrogen) atoms. The molecule has 0 aromatic carbocycles. The normalized spacial score (nSPS) is 41.9. The second-order valence-electron chi connectivity index (χ2n) is 6.93. The van der Waals surface area contributed by atoms with Gasteiger partial charge in [0.2, 0.25) is 0 Å². The second-order valence-corrected chi connectivity index (χ2v) is 7.41. The first-order valence-electron chi connectivity index (χ1n) is 6.79. The molecule has 0 aromatic heterocycles. The van der Waals surface area contributed by atoms with Gasteiger partial charge in [0.15, 0.2) is 0 Å². The van der Waals surface area contributed by atoms with Crippen molar-refractivity contribution in [2.24, 2.45) is 11.3 Å². The molecule has 94 valence electrons. The SMILES string of the molecule is [B]C1(C)CC2CC(=S)N(C)C2CCCC1(C)C. The first-order chi connectivity index (χ1) is 7.74. The van der Waals surface area contributed by atoms with Crippen LogP contribution in [0, 0.1) is 11.3 Å². The molecule has 1 heterocycles. The van der Waals surface area contributed by atoms with E-state index in [0.29, 0.717) is 12.0 Å². The molecule has 2 rings (SSSR count). The Kier molecular flexibility index (Phi) is 3.35. The van der Waals surface area contributed by atoms with Crippen molar-refractivity contribution in [1.29, 1.82) is 0 Å². The highest BCUT2D eigenvalue weighted by Crippen LogP contribution is 2.54. The van der Waals surface area contributed by atoms with Crippen LogP contribution in [0.3, 0.4) is 0 Å². The smallest absolute Gasteiger partial charge is 0.0782 e. The Bertz CT molecular complexity index is 324. The zero-order chi connectivity index (χ0) is 12.8. The van der Waals surface area contributed by atoms with Crippen LogP contribution in [-0.2, 0) is 0 Å².